The van der Waals surface area contributed by atoms with Crippen molar-refractivity contribution < 1.29 is 4.74 Å². The minimum absolute atomic E-state index is 0.242. The molecular formula is C7H13OS. The van der Waals surface area contributed by atoms with Crippen molar-refractivity contribution >= 4 is 17.8 Å². The number of rotatable bonds is 4. The maximum absolute atomic E-state index is 4.85. The fourth-order valence-corrected chi connectivity index (χ4v) is 0.386. The van der Waals surface area contributed by atoms with E-state index in [0.29, 0.717) is 6.61 Å². The van der Waals surface area contributed by atoms with Gasteiger partial charge in [0.05, 0.1) is 6.61 Å². The Hall–Kier alpha value is -0.110. The average Bonchev–Trinajstić information content (AvgIpc) is 1.84. The van der Waals surface area contributed by atoms with E-state index >= 15 is 0 Å². The molecule has 9 heavy (non-hydrogen) atoms. The molecule has 0 aromatic heterocycles. The van der Waals surface area contributed by atoms with Crippen molar-refractivity contribution in [2.24, 2.45) is 5.41 Å². The van der Waals surface area contributed by atoms with Crippen LogP contribution in [0.3, 0.4) is 0 Å². The minimum Gasteiger partial charge on any atom is -0.480 e. The largest absolute Gasteiger partial charge is 0.480 e. The van der Waals surface area contributed by atoms with Gasteiger partial charge in [-0.15, -0.1) is 0 Å². The molecule has 0 aliphatic heterocycles. The maximum Gasteiger partial charge on any atom is 0.239 e. The number of hydrogen-bond donors (Lipinski definition) is 0. The second-order valence-corrected chi connectivity index (χ2v) is 3.06. The predicted molar refractivity (Wildman–Crippen MR) is 42.6 cm³/mol. The summed E-state index contributed by atoms with van der Waals surface area (Å²) in [5, 5.41) is 0. The van der Waals surface area contributed by atoms with Crippen molar-refractivity contribution in [2.75, 3.05) is 6.61 Å². The third kappa shape index (κ3) is 4.40. The lowest BCUT2D eigenvalue weighted by molar-refractivity contribution is 0.176. The monoisotopic (exact) mass is 145 g/mol. The van der Waals surface area contributed by atoms with Crippen LogP contribution in [0.1, 0.15) is 27.2 Å². The highest BCUT2D eigenvalue weighted by molar-refractivity contribution is 7.78. The van der Waals surface area contributed by atoms with Gasteiger partial charge in [0.2, 0.25) is 5.55 Å². The van der Waals surface area contributed by atoms with Gasteiger partial charge < -0.3 is 4.74 Å². The van der Waals surface area contributed by atoms with E-state index in [4.69, 9.17) is 4.74 Å². The molecule has 0 saturated carbocycles. The molecule has 2 heteroatoms. The van der Waals surface area contributed by atoms with Gasteiger partial charge in [-0.2, -0.15) is 0 Å². The van der Waals surface area contributed by atoms with Crippen LogP contribution in [0.15, 0.2) is 0 Å². The fourth-order valence-electron chi connectivity index (χ4n) is 0.327. The summed E-state index contributed by atoms with van der Waals surface area (Å²) in [5.41, 5.74) is 2.48. The first kappa shape index (κ1) is 8.89. The standard InChI is InChI=1S/C7H13OS/c1-4-7(2,3)5-8-6-9/h4-5H2,1-3H3. The van der Waals surface area contributed by atoms with Gasteiger partial charge in [-0.3, -0.25) is 0 Å². The molecule has 0 unspecified atom stereocenters. The molecule has 0 spiro atoms. The molecule has 0 aliphatic carbocycles. The van der Waals surface area contributed by atoms with Crippen LogP contribution in [0.25, 0.3) is 0 Å². The highest BCUT2D eigenvalue weighted by atomic mass is 32.1. The first-order chi connectivity index (χ1) is 4.12. The van der Waals surface area contributed by atoms with Gasteiger partial charge in [0.15, 0.2) is 0 Å². The molecule has 0 heterocycles. The van der Waals surface area contributed by atoms with Crippen LogP contribution in [0.2, 0.25) is 0 Å². The van der Waals surface area contributed by atoms with Crippen molar-refractivity contribution in [3.8, 4) is 0 Å². The van der Waals surface area contributed by atoms with E-state index in [0.717, 1.165) is 6.42 Å². The van der Waals surface area contributed by atoms with Crippen molar-refractivity contribution in [3.05, 3.63) is 0 Å². The Labute approximate surface area is 62.4 Å². The summed E-state index contributed by atoms with van der Waals surface area (Å²) < 4.78 is 4.85. The van der Waals surface area contributed by atoms with Gasteiger partial charge in [-0.1, -0.05) is 20.8 Å². The third-order valence-electron chi connectivity index (χ3n) is 1.48. The summed E-state index contributed by atoms with van der Waals surface area (Å²) in [6.45, 7) is 7.08. The second-order valence-electron chi connectivity index (χ2n) is 2.89. The summed E-state index contributed by atoms with van der Waals surface area (Å²) in [7, 11) is 0. The molecule has 1 nitrogen and oxygen atoms in total. The van der Waals surface area contributed by atoms with E-state index in [-0.39, 0.29) is 5.41 Å². The zero-order valence-corrected chi connectivity index (χ0v) is 7.05. The van der Waals surface area contributed by atoms with Crippen LogP contribution in [-0.2, 0) is 4.74 Å². The summed E-state index contributed by atoms with van der Waals surface area (Å²) in [6, 6.07) is 0. The van der Waals surface area contributed by atoms with Crippen LogP contribution >= 0.6 is 12.2 Å². The quantitative estimate of drug-likeness (QED) is 0.561. The highest BCUT2D eigenvalue weighted by Crippen LogP contribution is 2.18. The molecule has 1 radical (unpaired) electrons. The van der Waals surface area contributed by atoms with Gasteiger partial charge in [0.25, 0.3) is 0 Å². The predicted octanol–water partition coefficient (Wildman–Crippen LogP) is 2.27. The Morgan fingerprint density at radius 1 is 1.56 bits per heavy atom. The van der Waals surface area contributed by atoms with E-state index in [2.05, 4.69) is 38.5 Å². The molecule has 53 valence electrons. The zero-order chi connectivity index (χ0) is 7.33. The average molecular weight is 145 g/mol. The van der Waals surface area contributed by atoms with Crippen LogP contribution < -0.4 is 0 Å². The molecule has 0 aliphatic rings. The SMILES string of the molecule is CCC(C)(C)CO[C]=S. The van der Waals surface area contributed by atoms with Crippen molar-refractivity contribution in [3.63, 3.8) is 0 Å². The molecule has 0 bridgehead atoms. The lowest BCUT2D eigenvalue weighted by atomic mass is 9.92. The minimum atomic E-state index is 0.242. The Balaban J connectivity index is 3.44. The molecule has 0 aromatic rings. The number of ether oxygens (including phenoxy) is 1. The lowest BCUT2D eigenvalue weighted by Crippen LogP contribution is -2.17. The lowest BCUT2D eigenvalue weighted by Gasteiger charge is -2.20. The fraction of sp³-hybridized carbons (Fsp3) is 0.857. The van der Waals surface area contributed by atoms with Crippen LogP contribution in [-0.4, -0.2) is 12.2 Å². The van der Waals surface area contributed by atoms with E-state index in [1.54, 1.807) is 0 Å². The van der Waals surface area contributed by atoms with E-state index in [1.807, 2.05) is 0 Å². The number of thiocarbonyl (C=S) groups is 1. The maximum atomic E-state index is 4.85. The van der Waals surface area contributed by atoms with Crippen molar-refractivity contribution in [2.45, 2.75) is 27.2 Å². The van der Waals surface area contributed by atoms with Crippen molar-refractivity contribution in [1.29, 1.82) is 0 Å². The molecule has 0 fully saturated rings. The van der Waals surface area contributed by atoms with Gasteiger partial charge in [0, 0.05) is 0 Å². The van der Waals surface area contributed by atoms with Gasteiger partial charge in [-0.25, -0.2) is 0 Å². The first-order valence-electron chi connectivity index (χ1n) is 3.11. The Kier molecular flexibility index (Phi) is 3.78. The topological polar surface area (TPSA) is 9.23 Å². The molecule has 0 atom stereocenters. The normalized spacial score (nSPS) is 11.0. The Morgan fingerprint density at radius 3 is 2.44 bits per heavy atom. The summed E-state index contributed by atoms with van der Waals surface area (Å²) in [6.07, 6.45) is 1.10. The van der Waals surface area contributed by atoms with Gasteiger partial charge >= 0.3 is 0 Å². The number of hydrogen-bond acceptors (Lipinski definition) is 2. The van der Waals surface area contributed by atoms with E-state index in [1.165, 1.54) is 0 Å². The Bertz CT molecular complexity index is 88.9. The van der Waals surface area contributed by atoms with Crippen LogP contribution in [0, 0.1) is 5.41 Å². The molecule has 0 N–H and O–H groups in total. The van der Waals surface area contributed by atoms with Crippen molar-refractivity contribution in [1.82, 2.24) is 0 Å². The second kappa shape index (κ2) is 3.83. The Morgan fingerprint density at radius 2 is 2.11 bits per heavy atom. The van der Waals surface area contributed by atoms with Gasteiger partial charge in [0.1, 0.15) is 0 Å². The van der Waals surface area contributed by atoms with Crippen LogP contribution in [0.5, 0.6) is 0 Å². The zero-order valence-electron chi connectivity index (χ0n) is 6.23. The van der Waals surface area contributed by atoms with Crippen LogP contribution in [0.4, 0.5) is 0 Å². The van der Waals surface area contributed by atoms with Gasteiger partial charge in [-0.05, 0) is 24.1 Å². The summed E-state index contributed by atoms with van der Waals surface area (Å²) in [4.78, 5) is 0. The molecular weight excluding hydrogens is 132 g/mol. The molecule has 0 amide bonds. The smallest absolute Gasteiger partial charge is 0.239 e. The summed E-state index contributed by atoms with van der Waals surface area (Å²) >= 11 is 4.40. The molecule has 0 saturated heterocycles. The molecule has 0 rings (SSSR count). The summed E-state index contributed by atoms with van der Waals surface area (Å²) in [5.74, 6) is 0. The highest BCUT2D eigenvalue weighted by Gasteiger charge is 2.14. The third-order valence-corrected chi connectivity index (χ3v) is 1.60. The molecule has 0 aromatic carbocycles. The first-order valence-corrected chi connectivity index (χ1v) is 3.52. The van der Waals surface area contributed by atoms with E-state index in [9.17, 15) is 0 Å². The van der Waals surface area contributed by atoms with E-state index < -0.39 is 0 Å².